The van der Waals surface area contributed by atoms with Crippen LogP contribution in [0.4, 0.5) is 0 Å². The van der Waals surface area contributed by atoms with Gasteiger partial charge in [0.1, 0.15) is 23.4 Å². The molecular weight excluding hydrogens is 438 g/mol. The van der Waals surface area contributed by atoms with Gasteiger partial charge in [0.05, 0.1) is 17.3 Å². The standard InChI is InChI=1S/C21H28BrN3O2S/c1-6-7-8-26-24-13-21(4,5)25-20(28)15(3)27-18-9-14(2)19-16(11-18)10-17(22)12-23-19/h9-13,15H,6-8H2,1-5H3,(H,25,28). The Kier molecular flexibility index (Phi) is 8.19. The number of benzene rings is 1. The highest BCUT2D eigenvalue weighted by molar-refractivity contribution is 9.10. The topological polar surface area (TPSA) is 55.7 Å². The lowest BCUT2D eigenvalue weighted by Gasteiger charge is -2.26. The molecule has 2 aromatic rings. The number of pyridine rings is 1. The van der Waals surface area contributed by atoms with E-state index in [2.05, 4.69) is 38.3 Å². The number of nitrogens with zero attached hydrogens (tertiary/aromatic N) is 2. The number of thiocarbonyl (C=S) groups is 1. The summed E-state index contributed by atoms with van der Waals surface area (Å²) in [5.41, 5.74) is 1.58. The molecule has 1 aromatic heterocycles. The minimum Gasteiger partial charge on any atom is -0.484 e. The van der Waals surface area contributed by atoms with Crippen LogP contribution in [0.25, 0.3) is 10.9 Å². The van der Waals surface area contributed by atoms with E-state index in [-0.39, 0.29) is 6.10 Å². The molecular formula is C21H28BrN3O2S. The second kappa shape index (κ2) is 10.2. The first kappa shape index (κ1) is 22.6. The first-order valence-corrected chi connectivity index (χ1v) is 10.6. The lowest BCUT2D eigenvalue weighted by Crippen LogP contribution is -2.48. The fourth-order valence-corrected chi connectivity index (χ4v) is 3.24. The van der Waals surface area contributed by atoms with Crippen molar-refractivity contribution >= 4 is 50.3 Å². The van der Waals surface area contributed by atoms with Crippen LogP contribution in [-0.2, 0) is 4.84 Å². The average molecular weight is 466 g/mol. The fraction of sp³-hybridized carbons (Fsp3) is 0.476. The predicted octanol–water partition coefficient (Wildman–Crippen LogP) is 5.57. The van der Waals surface area contributed by atoms with Crippen LogP contribution in [0.3, 0.4) is 0 Å². The molecule has 28 heavy (non-hydrogen) atoms. The molecule has 0 aliphatic rings. The Balaban J connectivity index is 2.00. The van der Waals surface area contributed by atoms with Crippen LogP contribution < -0.4 is 10.1 Å². The van der Waals surface area contributed by atoms with Gasteiger partial charge in [0.15, 0.2) is 0 Å². The van der Waals surface area contributed by atoms with E-state index in [1.165, 1.54) is 0 Å². The largest absolute Gasteiger partial charge is 0.484 e. The number of halogens is 1. The molecule has 1 unspecified atom stereocenters. The molecule has 0 radical (unpaired) electrons. The van der Waals surface area contributed by atoms with E-state index in [9.17, 15) is 0 Å². The zero-order valence-electron chi connectivity index (χ0n) is 17.1. The van der Waals surface area contributed by atoms with Crippen molar-refractivity contribution in [3.8, 4) is 5.75 Å². The van der Waals surface area contributed by atoms with Crippen LogP contribution in [0.5, 0.6) is 5.75 Å². The van der Waals surface area contributed by atoms with E-state index < -0.39 is 5.54 Å². The number of aromatic nitrogens is 1. The number of rotatable bonds is 9. The highest BCUT2D eigenvalue weighted by Gasteiger charge is 2.21. The van der Waals surface area contributed by atoms with E-state index in [0.717, 1.165) is 39.5 Å². The van der Waals surface area contributed by atoms with Crippen LogP contribution in [-0.4, -0.2) is 34.4 Å². The summed E-state index contributed by atoms with van der Waals surface area (Å²) in [5.74, 6) is 0.760. The molecule has 7 heteroatoms. The van der Waals surface area contributed by atoms with E-state index in [1.807, 2.05) is 45.9 Å². The summed E-state index contributed by atoms with van der Waals surface area (Å²) in [4.78, 5) is 10.3. The molecule has 1 aromatic carbocycles. The maximum atomic E-state index is 6.09. The van der Waals surface area contributed by atoms with Crippen LogP contribution in [0.15, 0.2) is 34.0 Å². The van der Waals surface area contributed by atoms with Gasteiger partial charge in [-0.25, -0.2) is 0 Å². The molecule has 1 heterocycles. The lowest BCUT2D eigenvalue weighted by atomic mass is 10.1. The average Bonchev–Trinajstić information content (AvgIpc) is 2.60. The summed E-state index contributed by atoms with van der Waals surface area (Å²) in [7, 11) is 0. The third kappa shape index (κ3) is 6.71. The fourth-order valence-electron chi connectivity index (χ4n) is 2.58. The van der Waals surface area contributed by atoms with Gasteiger partial charge in [0, 0.05) is 16.1 Å². The van der Waals surface area contributed by atoms with Gasteiger partial charge >= 0.3 is 0 Å². The van der Waals surface area contributed by atoms with Crippen molar-refractivity contribution in [3.05, 3.63) is 34.4 Å². The van der Waals surface area contributed by atoms with E-state index in [1.54, 1.807) is 12.4 Å². The highest BCUT2D eigenvalue weighted by atomic mass is 79.9. The molecule has 0 saturated carbocycles. The van der Waals surface area contributed by atoms with Crippen molar-refractivity contribution < 1.29 is 9.57 Å². The van der Waals surface area contributed by atoms with Gasteiger partial charge in [0.25, 0.3) is 0 Å². The van der Waals surface area contributed by atoms with E-state index in [4.69, 9.17) is 21.8 Å². The number of oxime groups is 1. The van der Waals surface area contributed by atoms with Crippen molar-refractivity contribution in [2.75, 3.05) is 6.61 Å². The molecule has 1 N–H and O–H groups in total. The number of nitrogens with one attached hydrogen (secondary N) is 1. The molecule has 152 valence electrons. The van der Waals surface area contributed by atoms with Crippen molar-refractivity contribution in [3.63, 3.8) is 0 Å². The minimum atomic E-state index is -0.436. The van der Waals surface area contributed by atoms with Gasteiger partial charge < -0.3 is 14.9 Å². The number of aryl methyl sites for hydroxylation is 1. The first-order valence-electron chi connectivity index (χ1n) is 9.43. The molecule has 5 nitrogen and oxygen atoms in total. The van der Waals surface area contributed by atoms with E-state index >= 15 is 0 Å². The Morgan fingerprint density at radius 1 is 1.39 bits per heavy atom. The molecule has 0 bridgehead atoms. The summed E-state index contributed by atoms with van der Waals surface area (Å²) in [6.07, 6.45) is 5.31. The summed E-state index contributed by atoms with van der Waals surface area (Å²) in [6, 6.07) is 5.99. The Labute approximate surface area is 181 Å². The molecule has 1 atom stereocenters. The molecule has 0 amide bonds. The minimum absolute atomic E-state index is 0.291. The summed E-state index contributed by atoms with van der Waals surface area (Å²) in [5, 5.41) is 8.34. The monoisotopic (exact) mass is 465 g/mol. The highest BCUT2D eigenvalue weighted by Crippen LogP contribution is 2.26. The summed E-state index contributed by atoms with van der Waals surface area (Å²) >= 11 is 9.00. The van der Waals surface area contributed by atoms with Gasteiger partial charge in [-0.15, -0.1) is 0 Å². The summed E-state index contributed by atoms with van der Waals surface area (Å²) in [6.45, 7) is 10.7. The Morgan fingerprint density at radius 3 is 2.86 bits per heavy atom. The normalized spacial score (nSPS) is 12.9. The maximum Gasteiger partial charge on any atom is 0.146 e. The summed E-state index contributed by atoms with van der Waals surface area (Å²) < 4.78 is 7.02. The van der Waals surface area contributed by atoms with Crippen LogP contribution in [0.1, 0.15) is 46.1 Å². The van der Waals surface area contributed by atoms with Crippen molar-refractivity contribution in [2.45, 2.75) is 59.1 Å². The molecule has 0 fully saturated rings. The van der Waals surface area contributed by atoms with Crippen LogP contribution in [0, 0.1) is 6.92 Å². The van der Waals surface area contributed by atoms with Crippen molar-refractivity contribution in [2.24, 2.45) is 5.16 Å². The number of ether oxygens (including phenoxy) is 1. The Bertz CT molecular complexity index is 855. The zero-order valence-corrected chi connectivity index (χ0v) is 19.5. The van der Waals surface area contributed by atoms with E-state index in [0.29, 0.717) is 11.6 Å². The van der Waals surface area contributed by atoms with Gasteiger partial charge in [-0.2, -0.15) is 0 Å². The smallest absolute Gasteiger partial charge is 0.146 e. The van der Waals surface area contributed by atoms with Gasteiger partial charge in [0.2, 0.25) is 0 Å². The maximum absolute atomic E-state index is 6.09. The van der Waals surface area contributed by atoms with Gasteiger partial charge in [-0.3, -0.25) is 4.98 Å². The lowest BCUT2D eigenvalue weighted by molar-refractivity contribution is 0.141. The van der Waals surface area contributed by atoms with Gasteiger partial charge in [-0.1, -0.05) is 30.7 Å². The Morgan fingerprint density at radius 2 is 2.14 bits per heavy atom. The molecule has 0 spiro atoms. The first-order chi connectivity index (χ1) is 13.2. The number of fused-ring (bicyclic) bond motifs is 1. The number of unbranched alkanes of at least 4 members (excludes halogenated alkanes) is 1. The molecule has 0 saturated heterocycles. The van der Waals surface area contributed by atoms with Crippen LogP contribution in [0.2, 0.25) is 0 Å². The van der Waals surface area contributed by atoms with Gasteiger partial charge in [-0.05, 0) is 73.8 Å². The Hall–Kier alpha value is -1.73. The van der Waals surface area contributed by atoms with Crippen molar-refractivity contribution in [1.29, 1.82) is 0 Å². The zero-order chi connectivity index (χ0) is 20.7. The van der Waals surface area contributed by atoms with Crippen molar-refractivity contribution in [1.82, 2.24) is 10.3 Å². The molecule has 0 aliphatic heterocycles. The number of hydrogen-bond donors (Lipinski definition) is 1. The number of hydrogen-bond acceptors (Lipinski definition) is 5. The molecule has 2 rings (SSSR count). The van der Waals surface area contributed by atoms with Crippen LogP contribution >= 0.6 is 28.1 Å². The third-order valence-electron chi connectivity index (χ3n) is 4.08. The second-order valence-electron chi connectivity index (χ2n) is 7.36. The predicted molar refractivity (Wildman–Crippen MR) is 123 cm³/mol. The third-order valence-corrected chi connectivity index (χ3v) is 4.95. The SMILES string of the molecule is CCCCON=CC(C)(C)NC(=S)C(C)Oc1cc(C)c2ncc(Br)cc2c1. The molecule has 0 aliphatic carbocycles. The second-order valence-corrected chi connectivity index (χ2v) is 8.71. The quantitative estimate of drug-likeness (QED) is 0.227.